The molecule has 1 aromatic heterocycles. The number of aromatic hydroxyl groups is 1. The van der Waals surface area contributed by atoms with Crippen LogP contribution in [0.25, 0.3) is 11.3 Å². The van der Waals surface area contributed by atoms with Crippen LogP contribution >= 0.6 is 0 Å². The third-order valence-electron chi connectivity index (χ3n) is 6.78. The number of hydrogen-bond donors (Lipinski definition) is 3. The van der Waals surface area contributed by atoms with Crippen LogP contribution in [0, 0.1) is 17.5 Å². The van der Waals surface area contributed by atoms with Gasteiger partial charge in [0.1, 0.15) is 35.8 Å². The molecule has 37 heavy (non-hydrogen) atoms. The first-order valence-electron chi connectivity index (χ1n) is 11.9. The molecule has 2 saturated heterocycles. The van der Waals surface area contributed by atoms with Crippen molar-refractivity contribution >= 4 is 0 Å². The van der Waals surface area contributed by atoms with E-state index >= 15 is 0 Å². The summed E-state index contributed by atoms with van der Waals surface area (Å²) in [5.41, 5.74) is 0.454. The molecule has 5 atom stereocenters. The maximum absolute atomic E-state index is 13.8. The number of para-hydroxylation sites is 1. The monoisotopic (exact) mass is 521 g/mol. The summed E-state index contributed by atoms with van der Waals surface area (Å²) in [4.78, 5) is 0. The van der Waals surface area contributed by atoms with Gasteiger partial charge in [-0.1, -0.05) is 23.4 Å². The van der Waals surface area contributed by atoms with Gasteiger partial charge in [-0.2, -0.15) is 0 Å². The Balaban J connectivity index is 1.54. The fourth-order valence-corrected chi connectivity index (χ4v) is 4.90. The number of hydrogen-bond acceptors (Lipinski definition) is 8. The van der Waals surface area contributed by atoms with Crippen molar-refractivity contribution in [2.75, 3.05) is 13.2 Å². The SMILES string of the molecule is OC[C@H]1O[C@@]2(CCCCO2)[C@H](OCc2ccccc2O)[C@@H](n2cc(-c3cc(F)c(F)c(F)c3)nn2)[C@H]1O. The van der Waals surface area contributed by atoms with Crippen LogP contribution < -0.4 is 0 Å². The number of rotatable bonds is 6. The van der Waals surface area contributed by atoms with Crippen LogP contribution in [0.15, 0.2) is 42.6 Å². The summed E-state index contributed by atoms with van der Waals surface area (Å²) in [6.07, 6.45) is -0.132. The average molecular weight is 521 g/mol. The van der Waals surface area contributed by atoms with Crippen LogP contribution in [0.1, 0.15) is 30.9 Å². The highest BCUT2D eigenvalue weighted by Crippen LogP contribution is 2.44. The highest BCUT2D eigenvalue weighted by atomic mass is 19.2. The number of aliphatic hydroxyl groups is 2. The normalized spacial score (nSPS) is 28.0. The molecule has 198 valence electrons. The first-order valence-corrected chi connectivity index (χ1v) is 11.9. The second kappa shape index (κ2) is 10.4. The van der Waals surface area contributed by atoms with Crippen LogP contribution in [-0.2, 0) is 20.8 Å². The second-order valence-electron chi connectivity index (χ2n) is 9.14. The molecule has 5 rings (SSSR count). The minimum atomic E-state index is -1.60. The lowest BCUT2D eigenvalue weighted by molar-refractivity contribution is -0.373. The molecule has 3 N–H and O–H groups in total. The Morgan fingerprint density at radius 3 is 2.57 bits per heavy atom. The molecule has 0 saturated carbocycles. The minimum absolute atomic E-state index is 0.0200. The summed E-state index contributed by atoms with van der Waals surface area (Å²) in [5, 5.41) is 39.4. The zero-order valence-corrected chi connectivity index (χ0v) is 19.6. The van der Waals surface area contributed by atoms with E-state index in [4.69, 9.17) is 14.2 Å². The molecular weight excluding hydrogens is 495 g/mol. The average Bonchev–Trinajstić information content (AvgIpc) is 3.38. The second-order valence-corrected chi connectivity index (χ2v) is 9.14. The molecule has 9 nitrogen and oxygen atoms in total. The third-order valence-corrected chi connectivity index (χ3v) is 6.78. The maximum Gasteiger partial charge on any atom is 0.197 e. The van der Waals surface area contributed by atoms with E-state index in [1.807, 2.05) is 0 Å². The van der Waals surface area contributed by atoms with Gasteiger partial charge in [0.05, 0.1) is 26.0 Å². The molecule has 3 heterocycles. The topological polar surface area (TPSA) is 119 Å². The summed E-state index contributed by atoms with van der Waals surface area (Å²) in [7, 11) is 0. The van der Waals surface area contributed by atoms with Gasteiger partial charge in [0.2, 0.25) is 0 Å². The van der Waals surface area contributed by atoms with Gasteiger partial charge < -0.3 is 29.5 Å². The number of aromatic nitrogens is 3. The summed E-state index contributed by atoms with van der Waals surface area (Å²) in [6.45, 7) is -0.228. The predicted molar refractivity (Wildman–Crippen MR) is 122 cm³/mol. The van der Waals surface area contributed by atoms with Gasteiger partial charge in [0, 0.05) is 17.5 Å². The number of nitrogens with zero attached hydrogens (tertiary/aromatic N) is 3. The number of aliphatic hydroxyl groups excluding tert-OH is 2. The highest BCUT2D eigenvalue weighted by Gasteiger charge is 2.57. The number of benzene rings is 2. The van der Waals surface area contributed by atoms with Gasteiger partial charge in [0.15, 0.2) is 23.2 Å². The molecule has 0 bridgehead atoms. The molecule has 2 aromatic carbocycles. The van der Waals surface area contributed by atoms with E-state index < -0.39 is 54.2 Å². The van der Waals surface area contributed by atoms with E-state index in [2.05, 4.69) is 10.3 Å². The van der Waals surface area contributed by atoms with Crippen molar-refractivity contribution in [1.29, 1.82) is 0 Å². The summed E-state index contributed by atoms with van der Waals surface area (Å²) in [5.74, 6) is -5.69. The number of phenols is 1. The highest BCUT2D eigenvalue weighted by molar-refractivity contribution is 5.58. The van der Waals surface area contributed by atoms with Gasteiger partial charge in [-0.3, -0.25) is 0 Å². The number of halogens is 3. The van der Waals surface area contributed by atoms with Crippen molar-refractivity contribution in [2.24, 2.45) is 0 Å². The molecule has 2 fully saturated rings. The Morgan fingerprint density at radius 1 is 1.14 bits per heavy atom. The molecule has 2 aliphatic heterocycles. The number of phenolic OH excluding ortho intramolecular Hbond substituents is 1. The van der Waals surface area contributed by atoms with E-state index in [0.717, 1.165) is 25.0 Å². The fraction of sp³-hybridized carbons (Fsp3) is 0.440. The maximum atomic E-state index is 13.8. The lowest BCUT2D eigenvalue weighted by Crippen LogP contribution is -2.65. The van der Waals surface area contributed by atoms with Crippen molar-refractivity contribution < 1.29 is 42.7 Å². The van der Waals surface area contributed by atoms with Gasteiger partial charge >= 0.3 is 0 Å². The zero-order valence-electron chi connectivity index (χ0n) is 19.6. The first kappa shape index (κ1) is 25.6. The molecule has 0 amide bonds. The minimum Gasteiger partial charge on any atom is -0.508 e. The Morgan fingerprint density at radius 2 is 1.89 bits per heavy atom. The summed E-state index contributed by atoms with van der Waals surface area (Å²) >= 11 is 0. The van der Waals surface area contributed by atoms with E-state index in [1.165, 1.54) is 16.9 Å². The Hall–Kier alpha value is -3.03. The smallest absolute Gasteiger partial charge is 0.197 e. The lowest BCUT2D eigenvalue weighted by Gasteiger charge is -2.52. The van der Waals surface area contributed by atoms with Crippen molar-refractivity contribution in [1.82, 2.24) is 15.0 Å². The van der Waals surface area contributed by atoms with E-state index in [0.29, 0.717) is 18.6 Å². The van der Waals surface area contributed by atoms with Crippen LogP contribution in [0.3, 0.4) is 0 Å². The zero-order chi connectivity index (χ0) is 26.2. The predicted octanol–water partition coefficient (Wildman–Crippen LogP) is 2.84. The van der Waals surface area contributed by atoms with Crippen molar-refractivity contribution in [2.45, 2.75) is 56.0 Å². The molecule has 12 heteroatoms. The molecule has 3 aromatic rings. The Bertz CT molecular complexity index is 1230. The van der Waals surface area contributed by atoms with E-state index in [-0.39, 0.29) is 23.6 Å². The lowest BCUT2D eigenvalue weighted by atomic mass is 9.86. The Labute approximate surface area is 210 Å². The molecule has 0 radical (unpaired) electrons. The fourth-order valence-electron chi connectivity index (χ4n) is 4.90. The molecular formula is C25H26F3N3O6. The first-order chi connectivity index (χ1) is 17.8. The van der Waals surface area contributed by atoms with Crippen LogP contribution in [0.5, 0.6) is 5.75 Å². The van der Waals surface area contributed by atoms with Crippen molar-refractivity contribution in [3.8, 4) is 17.0 Å². The van der Waals surface area contributed by atoms with Crippen LogP contribution in [0.2, 0.25) is 0 Å². The Kier molecular flexibility index (Phi) is 7.19. The largest absolute Gasteiger partial charge is 0.508 e. The third kappa shape index (κ3) is 4.82. The van der Waals surface area contributed by atoms with Crippen LogP contribution in [-0.4, -0.2) is 67.6 Å². The van der Waals surface area contributed by atoms with Gasteiger partial charge in [-0.15, -0.1) is 5.10 Å². The molecule has 1 spiro atoms. The van der Waals surface area contributed by atoms with E-state index in [1.54, 1.807) is 18.2 Å². The van der Waals surface area contributed by atoms with E-state index in [9.17, 15) is 28.5 Å². The van der Waals surface area contributed by atoms with Crippen molar-refractivity contribution in [3.05, 3.63) is 65.6 Å². The molecule has 2 aliphatic rings. The van der Waals surface area contributed by atoms with Gasteiger partial charge in [0.25, 0.3) is 0 Å². The quantitative estimate of drug-likeness (QED) is 0.424. The standard InChI is InChI=1S/C25H26F3N3O6/c26-16-9-15(10-17(27)21(16)28)18-11-31(30-29-18)22-23(34)20(12-32)37-25(7-3-4-8-36-25)24(22)35-13-14-5-1-2-6-19(14)33/h1-2,5-6,9-11,20,22-24,32-34H,3-4,7-8,12-13H2/t20-,22+,23+,24-,25+/m1/s1. The molecule has 0 unspecified atom stereocenters. The van der Waals surface area contributed by atoms with Gasteiger partial charge in [-0.05, 0) is 31.0 Å². The molecule has 0 aliphatic carbocycles. The summed E-state index contributed by atoms with van der Waals surface area (Å²) in [6, 6.07) is 7.18. The van der Waals surface area contributed by atoms with Gasteiger partial charge in [-0.25, -0.2) is 17.9 Å². The summed E-state index contributed by atoms with van der Waals surface area (Å²) < 4.78 is 60.8. The van der Waals surface area contributed by atoms with Crippen LogP contribution in [0.4, 0.5) is 13.2 Å². The van der Waals surface area contributed by atoms with Crippen molar-refractivity contribution in [3.63, 3.8) is 0 Å². The number of ether oxygens (including phenoxy) is 3.